The topological polar surface area (TPSA) is 121 Å². The summed E-state index contributed by atoms with van der Waals surface area (Å²) in [5.74, 6) is 1.03. The maximum Gasteiger partial charge on any atom is 0.333 e. The molecule has 2 aromatic carbocycles. The zero-order chi connectivity index (χ0) is 26.8. The van der Waals surface area contributed by atoms with Gasteiger partial charge in [-0.25, -0.2) is 9.80 Å². The van der Waals surface area contributed by atoms with Gasteiger partial charge in [0.15, 0.2) is 17.3 Å². The molecule has 1 aromatic heterocycles. The summed E-state index contributed by atoms with van der Waals surface area (Å²) in [5.41, 5.74) is 6.76. The van der Waals surface area contributed by atoms with Crippen LogP contribution < -0.4 is 20.2 Å². The van der Waals surface area contributed by atoms with Crippen molar-refractivity contribution in [1.82, 2.24) is 25.5 Å². The molecule has 0 unspecified atom stereocenters. The van der Waals surface area contributed by atoms with E-state index in [0.29, 0.717) is 78.2 Å². The molecule has 220 valence electrons. The van der Waals surface area contributed by atoms with E-state index in [0.717, 1.165) is 25.2 Å². The Hall–Kier alpha value is -3.35. The molecule has 1 aliphatic carbocycles. The molecule has 0 saturated carbocycles. The largest absolute Gasteiger partial charge is 0.493 e. The number of likely N-dealkylation sites (tertiary alicyclic amines) is 1. The van der Waals surface area contributed by atoms with E-state index in [-0.39, 0.29) is 30.6 Å². The van der Waals surface area contributed by atoms with E-state index >= 15 is 0 Å². The van der Waals surface area contributed by atoms with Gasteiger partial charge in [0.05, 0.1) is 42.8 Å². The number of morpholine rings is 1. The van der Waals surface area contributed by atoms with Gasteiger partial charge in [-0.1, -0.05) is 12.1 Å². The lowest BCUT2D eigenvalue weighted by Crippen LogP contribution is -2.49. The van der Waals surface area contributed by atoms with Crippen molar-refractivity contribution in [2.24, 2.45) is 0 Å². The fourth-order valence-electron chi connectivity index (χ4n) is 5.40. The summed E-state index contributed by atoms with van der Waals surface area (Å²) in [4.78, 5) is 28.8. The molecular weight excluding hydrogens is 571 g/mol. The number of methoxy groups -OCH3 is 1. The molecular formula is C28H34Cl2N6O5. The van der Waals surface area contributed by atoms with E-state index in [1.54, 1.807) is 18.2 Å². The molecule has 41 heavy (non-hydrogen) atoms. The Labute approximate surface area is 250 Å². The van der Waals surface area contributed by atoms with Crippen LogP contribution in [-0.4, -0.2) is 91.6 Å². The first-order valence-electron chi connectivity index (χ1n) is 13.3. The number of hydrazine groups is 1. The fourth-order valence-corrected chi connectivity index (χ4v) is 5.40. The van der Waals surface area contributed by atoms with Gasteiger partial charge in [0, 0.05) is 30.8 Å². The van der Waals surface area contributed by atoms with Gasteiger partial charge in [-0.3, -0.25) is 20.2 Å². The summed E-state index contributed by atoms with van der Waals surface area (Å²) in [6.07, 6.45) is 2.49. The highest BCUT2D eigenvalue weighted by Crippen LogP contribution is 2.44. The van der Waals surface area contributed by atoms with Crippen LogP contribution in [0.3, 0.4) is 0 Å². The summed E-state index contributed by atoms with van der Waals surface area (Å²) in [7, 11) is 1.60. The molecule has 0 bridgehead atoms. The summed E-state index contributed by atoms with van der Waals surface area (Å²) < 4.78 is 16.9. The van der Waals surface area contributed by atoms with E-state index in [9.17, 15) is 9.59 Å². The SMILES string of the molecule is COc1cc(-c2n[nH]c3c2C(=O)c2c(NC(=O)NN4CCOCC4)cccc2-3)ccc1OCCN1CCCC1.Cl.Cl. The van der Waals surface area contributed by atoms with Crippen molar-refractivity contribution < 1.29 is 23.8 Å². The molecule has 0 spiro atoms. The minimum Gasteiger partial charge on any atom is -0.493 e. The van der Waals surface area contributed by atoms with Crippen LogP contribution >= 0.6 is 24.8 Å². The number of fused-ring (bicyclic) bond motifs is 3. The van der Waals surface area contributed by atoms with Crippen LogP contribution in [0.1, 0.15) is 28.8 Å². The highest BCUT2D eigenvalue weighted by atomic mass is 35.5. The lowest BCUT2D eigenvalue weighted by molar-refractivity contribution is 0.0207. The Bertz CT molecular complexity index is 1390. The summed E-state index contributed by atoms with van der Waals surface area (Å²) >= 11 is 0. The fraction of sp³-hybridized carbons (Fsp3) is 0.393. The lowest BCUT2D eigenvalue weighted by atomic mass is 10.0. The van der Waals surface area contributed by atoms with Crippen molar-refractivity contribution in [1.29, 1.82) is 0 Å². The van der Waals surface area contributed by atoms with Crippen molar-refractivity contribution in [2.75, 3.05) is 65.0 Å². The predicted octanol–water partition coefficient (Wildman–Crippen LogP) is 3.98. The standard InChI is InChI=1S/C28H32N6O5.2ClH/c1-37-22-17-18(7-8-21(22)39-16-11-33-9-2-3-10-33)25-24-26(31-30-25)19-5-4-6-20(23(19)27(24)35)29-28(36)32-34-12-14-38-15-13-34;;/h4-8,17H,2-3,9-16H2,1H3,(H,30,31)(H2,29,32,36);2*1H. The molecule has 0 radical (unpaired) electrons. The number of amides is 2. The third-order valence-corrected chi connectivity index (χ3v) is 7.37. The number of aromatic nitrogens is 2. The molecule has 2 saturated heterocycles. The number of carbonyl (C=O) groups is 2. The molecule has 13 heteroatoms. The second-order valence-electron chi connectivity index (χ2n) is 9.81. The third kappa shape index (κ3) is 6.29. The first-order valence-corrected chi connectivity index (χ1v) is 13.3. The summed E-state index contributed by atoms with van der Waals surface area (Å²) in [6.45, 7) is 6.02. The molecule has 3 N–H and O–H groups in total. The van der Waals surface area contributed by atoms with Crippen LogP contribution in [0.15, 0.2) is 36.4 Å². The van der Waals surface area contributed by atoms with E-state index in [1.165, 1.54) is 12.8 Å². The second kappa shape index (κ2) is 13.5. The number of hydrogen-bond donors (Lipinski definition) is 3. The number of nitrogens with one attached hydrogen (secondary N) is 3. The summed E-state index contributed by atoms with van der Waals surface area (Å²) in [5, 5.41) is 12.1. The second-order valence-corrected chi connectivity index (χ2v) is 9.81. The number of nitrogens with zero attached hydrogens (tertiary/aromatic N) is 3. The van der Waals surface area contributed by atoms with E-state index in [1.807, 2.05) is 30.3 Å². The quantitative estimate of drug-likeness (QED) is 0.276. The van der Waals surface area contributed by atoms with Crippen molar-refractivity contribution in [3.63, 3.8) is 0 Å². The van der Waals surface area contributed by atoms with Gasteiger partial charge in [-0.05, 0) is 50.2 Å². The van der Waals surface area contributed by atoms with Gasteiger partial charge < -0.3 is 19.5 Å². The molecule has 3 heterocycles. The number of hydrogen-bond acceptors (Lipinski definition) is 8. The molecule has 2 amide bonds. The highest BCUT2D eigenvalue weighted by molar-refractivity contribution is 6.26. The van der Waals surface area contributed by atoms with Crippen LogP contribution in [0.4, 0.5) is 10.5 Å². The molecule has 3 aromatic rings. The number of urea groups is 1. The lowest BCUT2D eigenvalue weighted by Gasteiger charge is -2.27. The average molecular weight is 606 g/mol. The Kier molecular flexibility index (Phi) is 10.1. The molecule has 2 aliphatic heterocycles. The number of rotatable bonds is 8. The normalized spacial score (nSPS) is 16.3. The number of benzene rings is 2. The zero-order valence-corrected chi connectivity index (χ0v) is 24.4. The molecule has 2 fully saturated rings. The molecule has 6 rings (SSSR count). The van der Waals surface area contributed by atoms with Gasteiger partial charge in [-0.2, -0.15) is 5.10 Å². The van der Waals surface area contributed by atoms with Crippen molar-refractivity contribution in [3.05, 3.63) is 47.5 Å². The minimum absolute atomic E-state index is 0. The Balaban J connectivity index is 0.00000194. The van der Waals surface area contributed by atoms with Gasteiger partial charge in [0.25, 0.3) is 0 Å². The summed E-state index contributed by atoms with van der Waals surface area (Å²) in [6, 6.07) is 10.6. The average Bonchev–Trinajstić information content (AvgIpc) is 3.69. The van der Waals surface area contributed by atoms with Gasteiger partial charge in [0.1, 0.15) is 12.3 Å². The molecule has 11 nitrogen and oxygen atoms in total. The van der Waals surface area contributed by atoms with Gasteiger partial charge in [-0.15, -0.1) is 24.8 Å². The van der Waals surface area contributed by atoms with E-state index in [2.05, 4.69) is 25.8 Å². The Morgan fingerprint density at radius 2 is 1.83 bits per heavy atom. The Morgan fingerprint density at radius 1 is 1.05 bits per heavy atom. The maximum absolute atomic E-state index is 13.7. The van der Waals surface area contributed by atoms with Crippen LogP contribution in [0.25, 0.3) is 22.5 Å². The maximum atomic E-state index is 13.7. The van der Waals surface area contributed by atoms with E-state index < -0.39 is 6.03 Å². The minimum atomic E-state index is -0.405. The van der Waals surface area contributed by atoms with E-state index in [4.69, 9.17) is 14.2 Å². The first-order chi connectivity index (χ1) is 19.1. The number of ether oxygens (including phenoxy) is 3. The van der Waals surface area contributed by atoms with Crippen molar-refractivity contribution in [3.8, 4) is 34.0 Å². The predicted molar refractivity (Wildman–Crippen MR) is 160 cm³/mol. The number of H-pyrrole nitrogens is 1. The highest BCUT2D eigenvalue weighted by Gasteiger charge is 2.35. The number of halogens is 2. The van der Waals surface area contributed by atoms with Crippen molar-refractivity contribution >= 4 is 42.3 Å². The monoisotopic (exact) mass is 604 g/mol. The van der Waals surface area contributed by atoms with Crippen LogP contribution in [0.5, 0.6) is 11.5 Å². The third-order valence-electron chi connectivity index (χ3n) is 7.37. The zero-order valence-electron chi connectivity index (χ0n) is 22.7. The molecule has 0 atom stereocenters. The van der Waals surface area contributed by atoms with Crippen LogP contribution in [0.2, 0.25) is 0 Å². The van der Waals surface area contributed by atoms with Crippen molar-refractivity contribution in [2.45, 2.75) is 12.8 Å². The number of anilines is 1. The van der Waals surface area contributed by atoms with Crippen LogP contribution in [-0.2, 0) is 4.74 Å². The Morgan fingerprint density at radius 3 is 2.59 bits per heavy atom. The number of carbonyl (C=O) groups excluding carboxylic acids is 2. The number of ketones is 1. The molecule has 3 aliphatic rings. The smallest absolute Gasteiger partial charge is 0.333 e. The number of aromatic amines is 1. The van der Waals surface area contributed by atoms with Gasteiger partial charge >= 0.3 is 6.03 Å². The first kappa shape index (κ1) is 30.6. The van der Waals surface area contributed by atoms with Crippen LogP contribution in [0, 0.1) is 0 Å². The van der Waals surface area contributed by atoms with Gasteiger partial charge in [0.2, 0.25) is 0 Å².